The second kappa shape index (κ2) is 5.91. The van der Waals surface area contributed by atoms with E-state index in [9.17, 15) is 9.59 Å². The molecule has 2 bridgehead atoms. The molecule has 1 saturated carbocycles. The van der Waals surface area contributed by atoms with Crippen LogP contribution in [0.2, 0.25) is 0 Å². The lowest BCUT2D eigenvalue weighted by Gasteiger charge is -2.27. The van der Waals surface area contributed by atoms with Crippen molar-refractivity contribution in [2.45, 2.75) is 50.0 Å². The van der Waals surface area contributed by atoms with Gasteiger partial charge in [0.15, 0.2) is 0 Å². The number of ether oxygens (including phenoxy) is 1. The standard InChI is InChI=1S/C20H23N3O3/c24-18(22-11-13-6-9-21-10-7-13)16-15-5-8-20(26-15)12-23(19(25)17(16)20)14-3-1-2-4-14/h5-10,14-17H,1-4,11-12H2,(H,22,24)/t15-,16-,17-,20-/m1/s1. The Labute approximate surface area is 152 Å². The Morgan fingerprint density at radius 2 is 2.08 bits per heavy atom. The lowest BCUT2D eigenvalue weighted by molar-refractivity contribution is -0.138. The van der Waals surface area contributed by atoms with Crippen molar-refractivity contribution in [3.63, 3.8) is 0 Å². The van der Waals surface area contributed by atoms with E-state index >= 15 is 0 Å². The maximum Gasteiger partial charge on any atom is 0.230 e. The summed E-state index contributed by atoms with van der Waals surface area (Å²) in [5, 5.41) is 2.99. The summed E-state index contributed by atoms with van der Waals surface area (Å²) < 4.78 is 6.19. The third-order valence-corrected chi connectivity index (χ3v) is 6.41. The fourth-order valence-corrected chi connectivity index (χ4v) is 5.16. The molecule has 26 heavy (non-hydrogen) atoms. The number of likely N-dealkylation sites (tertiary alicyclic amines) is 1. The quantitative estimate of drug-likeness (QED) is 0.831. The molecule has 3 aliphatic heterocycles. The summed E-state index contributed by atoms with van der Waals surface area (Å²) in [5.41, 5.74) is 0.399. The van der Waals surface area contributed by atoms with Gasteiger partial charge in [0.05, 0.1) is 24.5 Å². The van der Waals surface area contributed by atoms with E-state index in [-0.39, 0.29) is 23.8 Å². The topological polar surface area (TPSA) is 71.5 Å². The van der Waals surface area contributed by atoms with E-state index in [2.05, 4.69) is 10.3 Å². The van der Waals surface area contributed by atoms with Gasteiger partial charge in [-0.25, -0.2) is 0 Å². The SMILES string of the molecule is O=C(NCc1ccncc1)[C@@H]1[C@H]2C=C[C@]3(CN(C4CCCC4)C(=O)[C@@H]13)O2. The molecular formula is C20H23N3O3. The number of nitrogens with one attached hydrogen (secondary N) is 1. The van der Waals surface area contributed by atoms with Gasteiger partial charge >= 0.3 is 0 Å². The van der Waals surface area contributed by atoms with E-state index in [1.165, 1.54) is 12.8 Å². The molecular weight excluding hydrogens is 330 g/mol. The first-order valence-corrected chi connectivity index (χ1v) is 9.52. The highest BCUT2D eigenvalue weighted by Crippen LogP contribution is 2.52. The first-order valence-electron chi connectivity index (χ1n) is 9.52. The van der Waals surface area contributed by atoms with Gasteiger partial charge in [-0.2, -0.15) is 0 Å². The van der Waals surface area contributed by atoms with E-state index in [0.717, 1.165) is 18.4 Å². The van der Waals surface area contributed by atoms with Crippen LogP contribution >= 0.6 is 0 Å². The number of hydrogen-bond acceptors (Lipinski definition) is 4. The summed E-state index contributed by atoms with van der Waals surface area (Å²) >= 11 is 0. The van der Waals surface area contributed by atoms with Crippen LogP contribution in [0.15, 0.2) is 36.7 Å². The summed E-state index contributed by atoms with van der Waals surface area (Å²) in [6.45, 7) is 1.04. The van der Waals surface area contributed by atoms with Gasteiger partial charge in [-0.15, -0.1) is 0 Å². The second-order valence-electron chi connectivity index (χ2n) is 7.88. The van der Waals surface area contributed by atoms with Gasteiger partial charge < -0.3 is 15.0 Å². The van der Waals surface area contributed by atoms with E-state index in [1.807, 2.05) is 29.2 Å². The molecule has 0 aromatic carbocycles. The monoisotopic (exact) mass is 353 g/mol. The number of amides is 2. The van der Waals surface area contributed by atoms with Gasteiger partial charge in [-0.05, 0) is 30.5 Å². The van der Waals surface area contributed by atoms with Crippen LogP contribution < -0.4 is 5.32 Å². The van der Waals surface area contributed by atoms with Crippen LogP contribution in [0.1, 0.15) is 31.2 Å². The van der Waals surface area contributed by atoms with Crippen molar-refractivity contribution >= 4 is 11.8 Å². The molecule has 4 atom stereocenters. The van der Waals surface area contributed by atoms with Crippen molar-refractivity contribution in [3.8, 4) is 0 Å². The average Bonchev–Trinajstić information content (AvgIpc) is 3.42. The Bertz CT molecular complexity index is 759. The molecule has 1 N–H and O–H groups in total. The zero-order valence-corrected chi connectivity index (χ0v) is 14.6. The molecule has 1 aliphatic carbocycles. The summed E-state index contributed by atoms with van der Waals surface area (Å²) in [7, 11) is 0. The van der Waals surface area contributed by atoms with Gasteiger partial charge in [-0.1, -0.05) is 25.0 Å². The third-order valence-electron chi connectivity index (χ3n) is 6.41. The van der Waals surface area contributed by atoms with Crippen LogP contribution in [-0.4, -0.2) is 46.0 Å². The fraction of sp³-hybridized carbons (Fsp3) is 0.550. The van der Waals surface area contributed by atoms with Crippen LogP contribution in [0, 0.1) is 11.8 Å². The van der Waals surface area contributed by atoms with Crippen molar-refractivity contribution in [3.05, 3.63) is 42.2 Å². The first kappa shape index (κ1) is 16.0. The van der Waals surface area contributed by atoms with Crippen LogP contribution in [0.5, 0.6) is 0 Å². The molecule has 2 amide bonds. The lowest BCUT2D eigenvalue weighted by atomic mass is 9.77. The smallest absolute Gasteiger partial charge is 0.230 e. The number of hydrogen-bond donors (Lipinski definition) is 1. The summed E-state index contributed by atoms with van der Waals surface area (Å²) in [6.07, 6.45) is 11.6. The van der Waals surface area contributed by atoms with Crippen molar-refractivity contribution in [2.24, 2.45) is 11.8 Å². The van der Waals surface area contributed by atoms with Gasteiger partial charge in [0, 0.05) is 25.0 Å². The van der Waals surface area contributed by atoms with Crippen molar-refractivity contribution in [1.82, 2.24) is 15.2 Å². The normalized spacial score (nSPS) is 35.3. The number of fused-ring (bicyclic) bond motifs is 1. The van der Waals surface area contributed by atoms with Crippen LogP contribution in [0.4, 0.5) is 0 Å². The molecule has 1 aromatic rings. The number of carbonyl (C=O) groups excluding carboxylic acids is 2. The molecule has 6 heteroatoms. The zero-order valence-electron chi connectivity index (χ0n) is 14.6. The highest BCUT2D eigenvalue weighted by atomic mass is 16.5. The fourth-order valence-electron chi connectivity index (χ4n) is 5.16. The van der Waals surface area contributed by atoms with E-state index in [4.69, 9.17) is 4.74 Å². The predicted octanol–water partition coefficient (Wildman–Crippen LogP) is 1.42. The number of rotatable bonds is 4. The molecule has 1 aromatic heterocycles. The molecule has 5 rings (SSSR count). The van der Waals surface area contributed by atoms with E-state index in [1.54, 1.807) is 12.4 Å². The molecule has 136 valence electrons. The number of nitrogens with zero attached hydrogens (tertiary/aromatic N) is 2. The van der Waals surface area contributed by atoms with Gasteiger partial charge in [-0.3, -0.25) is 14.6 Å². The summed E-state index contributed by atoms with van der Waals surface area (Å²) in [6, 6.07) is 4.07. The number of aromatic nitrogens is 1. The Hall–Kier alpha value is -2.21. The molecule has 1 spiro atoms. The molecule has 4 aliphatic rings. The summed E-state index contributed by atoms with van der Waals surface area (Å²) in [4.78, 5) is 32.1. The minimum atomic E-state index is -0.594. The molecule has 3 fully saturated rings. The van der Waals surface area contributed by atoms with Crippen LogP contribution in [0.25, 0.3) is 0 Å². The minimum absolute atomic E-state index is 0.0929. The van der Waals surface area contributed by atoms with Crippen molar-refractivity contribution < 1.29 is 14.3 Å². The summed E-state index contributed by atoms with van der Waals surface area (Å²) in [5.74, 6) is -0.797. The Kier molecular flexibility index (Phi) is 3.64. The first-order chi connectivity index (χ1) is 12.7. The minimum Gasteiger partial charge on any atom is -0.360 e. The molecule has 0 unspecified atom stereocenters. The average molecular weight is 353 g/mol. The zero-order chi connectivity index (χ0) is 17.7. The van der Waals surface area contributed by atoms with Gasteiger partial charge in [0.2, 0.25) is 11.8 Å². The van der Waals surface area contributed by atoms with Gasteiger partial charge in [0.25, 0.3) is 0 Å². The second-order valence-corrected chi connectivity index (χ2v) is 7.88. The van der Waals surface area contributed by atoms with Crippen LogP contribution in [0.3, 0.4) is 0 Å². The number of carbonyl (C=O) groups is 2. The highest BCUT2D eigenvalue weighted by molar-refractivity contribution is 5.93. The molecule has 0 radical (unpaired) electrons. The van der Waals surface area contributed by atoms with Crippen molar-refractivity contribution in [1.29, 1.82) is 0 Å². The third kappa shape index (κ3) is 2.31. The Balaban J connectivity index is 1.34. The van der Waals surface area contributed by atoms with Gasteiger partial charge in [0.1, 0.15) is 5.60 Å². The molecule has 2 saturated heterocycles. The number of pyridine rings is 1. The maximum absolute atomic E-state index is 13.2. The Morgan fingerprint density at radius 3 is 2.85 bits per heavy atom. The van der Waals surface area contributed by atoms with E-state index < -0.39 is 11.5 Å². The Morgan fingerprint density at radius 1 is 1.31 bits per heavy atom. The predicted molar refractivity (Wildman–Crippen MR) is 93.8 cm³/mol. The molecule has 6 nitrogen and oxygen atoms in total. The van der Waals surface area contributed by atoms with Crippen molar-refractivity contribution in [2.75, 3.05) is 6.54 Å². The van der Waals surface area contributed by atoms with E-state index in [0.29, 0.717) is 19.1 Å². The van der Waals surface area contributed by atoms with Crippen LogP contribution in [-0.2, 0) is 20.9 Å². The largest absolute Gasteiger partial charge is 0.360 e. The highest BCUT2D eigenvalue weighted by Gasteiger charge is 2.67. The molecule has 4 heterocycles. The maximum atomic E-state index is 13.2. The lowest BCUT2D eigenvalue weighted by Crippen LogP contribution is -2.44.